The number of anilines is 1. The molecule has 2 saturated heterocycles. The van der Waals surface area contributed by atoms with E-state index >= 15 is 0 Å². The van der Waals surface area contributed by atoms with E-state index in [1.807, 2.05) is 28.0 Å². The van der Waals surface area contributed by atoms with Crippen molar-refractivity contribution in [1.29, 1.82) is 0 Å². The normalized spacial score (nSPS) is 19.3. The summed E-state index contributed by atoms with van der Waals surface area (Å²) in [5.74, 6) is 0.376. The van der Waals surface area contributed by atoms with Crippen LogP contribution in [-0.2, 0) is 0 Å². The van der Waals surface area contributed by atoms with Gasteiger partial charge >= 0.3 is 6.03 Å². The van der Waals surface area contributed by atoms with E-state index in [9.17, 15) is 9.59 Å². The Morgan fingerprint density at radius 2 is 1.68 bits per heavy atom. The number of piperazine rings is 1. The van der Waals surface area contributed by atoms with Crippen LogP contribution in [0.3, 0.4) is 0 Å². The van der Waals surface area contributed by atoms with Gasteiger partial charge in [0.2, 0.25) is 0 Å². The summed E-state index contributed by atoms with van der Waals surface area (Å²) < 4.78 is 0. The molecule has 2 aliphatic heterocycles. The number of hydrogen-bond acceptors (Lipinski definition) is 3. The van der Waals surface area contributed by atoms with Crippen molar-refractivity contribution in [3.63, 3.8) is 0 Å². The Hall–Kier alpha value is -3.02. The van der Waals surface area contributed by atoms with Crippen molar-refractivity contribution in [3.8, 4) is 0 Å². The lowest BCUT2D eigenvalue weighted by Crippen LogP contribution is -2.48. The summed E-state index contributed by atoms with van der Waals surface area (Å²) in [6.07, 6.45) is 2.03. The molecule has 1 N–H and O–H groups in total. The molecule has 0 radical (unpaired) electrons. The molecule has 0 aliphatic carbocycles. The largest absolute Gasteiger partial charge is 0.368 e. The van der Waals surface area contributed by atoms with E-state index in [0.29, 0.717) is 6.54 Å². The number of carbonyl (C=O) groups excluding carboxylic acids is 2. The third-order valence-corrected chi connectivity index (χ3v) is 6.49. The second kappa shape index (κ2) is 9.41. The molecule has 31 heavy (non-hydrogen) atoms. The number of aryl methyl sites for hydroxylation is 1. The van der Waals surface area contributed by atoms with Crippen LogP contribution >= 0.6 is 0 Å². The van der Waals surface area contributed by atoms with Gasteiger partial charge in [-0.05, 0) is 49.6 Å². The maximum Gasteiger partial charge on any atom is 0.317 e. The molecule has 3 amide bonds. The van der Waals surface area contributed by atoms with Crippen LogP contribution in [0.2, 0.25) is 0 Å². The molecule has 6 nitrogen and oxygen atoms in total. The summed E-state index contributed by atoms with van der Waals surface area (Å²) in [7, 11) is 1.67. The summed E-state index contributed by atoms with van der Waals surface area (Å²) in [5, 5.41) is 2.72. The molecule has 2 aromatic carbocycles. The SMILES string of the molecule is CNC(=O)N1CCCC(c2cccc(C(=O)N3CCN(c4ccc(C)cc4)CC3)c2)C1. The molecule has 1 unspecified atom stereocenters. The van der Waals surface area contributed by atoms with Crippen molar-refractivity contribution in [1.82, 2.24) is 15.1 Å². The van der Waals surface area contributed by atoms with Gasteiger partial charge in [0.15, 0.2) is 0 Å². The number of rotatable bonds is 3. The Kier molecular flexibility index (Phi) is 6.44. The van der Waals surface area contributed by atoms with Crippen LogP contribution in [0.25, 0.3) is 0 Å². The quantitative estimate of drug-likeness (QED) is 0.827. The van der Waals surface area contributed by atoms with Crippen molar-refractivity contribution in [2.45, 2.75) is 25.7 Å². The summed E-state index contributed by atoms with van der Waals surface area (Å²) in [4.78, 5) is 31.4. The number of nitrogens with zero attached hydrogens (tertiary/aromatic N) is 3. The zero-order valence-corrected chi connectivity index (χ0v) is 18.5. The molecule has 0 bridgehead atoms. The van der Waals surface area contributed by atoms with E-state index in [-0.39, 0.29) is 17.9 Å². The minimum atomic E-state index is -0.0246. The molecule has 0 aromatic heterocycles. The molecule has 0 saturated carbocycles. The third kappa shape index (κ3) is 4.84. The van der Waals surface area contributed by atoms with Gasteiger partial charge < -0.3 is 20.0 Å². The summed E-state index contributed by atoms with van der Waals surface area (Å²) >= 11 is 0. The Morgan fingerprint density at radius 3 is 2.39 bits per heavy atom. The van der Waals surface area contributed by atoms with Crippen molar-refractivity contribution < 1.29 is 9.59 Å². The average molecular weight is 421 g/mol. The van der Waals surface area contributed by atoms with Crippen LogP contribution in [0.1, 0.15) is 40.2 Å². The highest BCUT2D eigenvalue weighted by Gasteiger charge is 2.26. The molecular weight excluding hydrogens is 388 g/mol. The lowest BCUT2D eigenvalue weighted by atomic mass is 9.89. The zero-order valence-electron chi connectivity index (χ0n) is 18.5. The number of piperidine rings is 1. The first-order chi connectivity index (χ1) is 15.0. The molecule has 6 heteroatoms. The van der Waals surface area contributed by atoms with Crippen LogP contribution in [0.15, 0.2) is 48.5 Å². The predicted octanol–water partition coefficient (Wildman–Crippen LogP) is 3.48. The van der Waals surface area contributed by atoms with E-state index in [0.717, 1.165) is 56.7 Å². The van der Waals surface area contributed by atoms with Crippen LogP contribution in [-0.4, -0.2) is 68.1 Å². The fourth-order valence-electron chi connectivity index (χ4n) is 4.62. The molecule has 2 aliphatic rings. The van der Waals surface area contributed by atoms with E-state index in [2.05, 4.69) is 47.5 Å². The highest BCUT2D eigenvalue weighted by molar-refractivity contribution is 5.94. The first-order valence-corrected chi connectivity index (χ1v) is 11.2. The second-order valence-corrected chi connectivity index (χ2v) is 8.58. The van der Waals surface area contributed by atoms with Gasteiger partial charge in [0.1, 0.15) is 0 Å². The van der Waals surface area contributed by atoms with Gasteiger partial charge in [0.25, 0.3) is 5.91 Å². The Bertz CT molecular complexity index is 919. The molecule has 164 valence electrons. The van der Waals surface area contributed by atoms with Gasteiger partial charge in [-0.25, -0.2) is 4.79 Å². The molecule has 0 spiro atoms. The Labute approximate surface area is 184 Å². The molecule has 2 heterocycles. The predicted molar refractivity (Wildman–Crippen MR) is 124 cm³/mol. The number of urea groups is 1. The monoisotopic (exact) mass is 420 g/mol. The first kappa shape index (κ1) is 21.2. The Morgan fingerprint density at radius 1 is 0.935 bits per heavy atom. The lowest BCUT2D eigenvalue weighted by molar-refractivity contribution is 0.0746. The lowest BCUT2D eigenvalue weighted by Gasteiger charge is -2.36. The number of likely N-dealkylation sites (tertiary alicyclic amines) is 1. The van der Waals surface area contributed by atoms with E-state index in [4.69, 9.17) is 0 Å². The van der Waals surface area contributed by atoms with Crippen LogP contribution in [0, 0.1) is 6.92 Å². The highest BCUT2D eigenvalue weighted by Crippen LogP contribution is 2.28. The highest BCUT2D eigenvalue weighted by atomic mass is 16.2. The number of nitrogens with one attached hydrogen (secondary N) is 1. The number of benzene rings is 2. The van der Waals surface area contributed by atoms with Crippen molar-refractivity contribution in [2.24, 2.45) is 0 Å². The zero-order chi connectivity index (χ0) is 21.8. The van der Waals surface area contributed by atoms with Gasteiger partial charge in [-0.15, -0.1) is 0 Å². The third-order valence-electron chi connectivity index (χ3n) is 6.49. The van der Waals surface area contributed by atoms with Gasteiger partial charge in [-0.3, -0.25) is 4.79 Å². The smallest absolute Gasteiger partial charge is 0.317 e. The number of hydrogen-bond donors (Lipinski definition) is 1. The van der Waals surface area contributed by atoms with E-state index in [1.54, 1.807) is 7.05 Å². The summed E-state index contributed by atoms with van der Waals surface area (Å²) in [6.45, 7) is 6.73. The van der Waals surface area contributed by atoms with Crippen LogP contribution < -0.4 is 10.2 Å². The second-order valence-electron chi connectivity index (χ2n) is 8.58. The van der Waals surface area contributed by atoms with Gasteiger partial charge in [-0.2, -0.15) is 0 Å². The molecular formula is C25H32N4O2. The van der Waals surface area contributed by atoms with Crippen molar-refractivity contribution in [3.05, 3.63) is 65.2 Å². The minimum absolute atomic E-state index is 0.0246. The van der Waals surface area contributed by atoms with E-state index < -0.39 is 0 Å². The van der Waals surface area contributed by atoms with Crippen molar-refractivity contribution in [2.75, 3.05) is 51.2 Å². The number of carbonyl (C=O) groups is 2. The van der Waals surface area contributed by atoms with Crippen LogP contribution in [0.4, 0.5) is 10.5 Å². The Balaban J connectivity index is 1.39. The molecule has 1 atom stereocenters. The van der Waals surface area contributed by atoms with Gasteiger partial charge in [-0.1, -0.05) is 29.8 Å². The molecule has 2 fully saturated rings. The topological polar surface area (TPSA) is 55.9 Å². The first-order valence-electron chi connectivity index (χ1n) is 11.2. The summed E-state index contributed by atoms with van der Waals surface area (Å²) in [5.41, 5.74) is 4.38. The maximum atomic E-state index is 13.2. The van der Waals surface area contributed by atoms with Gasteiger partial charge in [0.05, 0.1) is 0 Å². The minimum Gasteiger partial charge on any atom is -0.368 e. The van der Waals surface area contributed by atoms with Crippen molar-refractivity contribution >= 4 is 17.6 Å². The molecule has 4 rings (SSSR count). The fourth-order valence-corrected chi connectivity index (χ4v) is 4.62. The maximum absolute atomic E-state index is 13.2. The standard InChI is InChI=1S/C25H32N4O2/c1-19-8-10-23(11-9-19)27-13-15-28(16-14-27)24(30)21-6-3-5-20(17-21)22-7-4-12-29(18-22)25(31)26-2/h3,5-6,8-11,17,22H,4,7,12-16,18H2,1-2H3,(H,26,31). The fraction of sp³-hybridized carbons (Fsp3) is 0.440. The van der Waals surface area contributed by atoms with Gasteiger partial charge in [0, 0.05) is 63.5 Å². The molecule has 2 aromatic rings. The summed E-state index contributed by atoms with van der Waals surface area (Å²) in [6, 6.07) is 16.6. The average Bonchev–Trinajstić information content (AvgIpc) is 2.84. The van der Waals surface area contributed by atoms with E-state index in [1.165, 1.54) is 11.3 Å². The number of amides is 3. The van der Waals surface area contributed by atoms with Crippen LogP contribution in [0.5, 0.6) is 0 Å².